The zero-order chi connectivity index (χ0) is 28.2. The average molecular weight is 541 g/mol. The molecule has 0 bridgehead atoms. The first kappa shape index (κ1) is 25.8. The Kier molecular flexibility index (Phi) is 6.01. The van der Waals surface area contributed by atoms with E-state index in [0.29, 0.717) is 22.3 Å². The Balaban J connectivity index is 1.42. The van der Waals surface area contributed by atoms with E-state index in [2.05, 4.69) is 26.7 Å². The summed E-state index contributed by atoms with van der Waals surface area (Å²) < 4.78 is 7.07. The van der Waals surface area contributed by atoms with Crippen LogP contribution in [-0.2, 0) is 28.5 Å². The number of fused-ring (bicyclic) bond motifs is 3. The second kappa shape index (κ2) is 9.32. The van der Waals surface area contributed by atoms with Gasteiger partial charge in [-0.15, -0.1) is 0 Å². The first-order valence-electron chi connectivity index (χ1n) is 13.5. The fourth-order valence-corrected chi connectivity index (χ4v) is 6.08. The van der Waals surface area contributed by atoms with Crippen molar-refractivity contribution in [2.45, 2.75) is 64.0 Å². The van der Waals surface area contributed by atoms with Crippen molar-refractivity contribution in [3.8, 4) is 11.1 Å². The molecule has 10 heteroatoms. The van der Waals surface area contributed by atoms with Gasteiger partial charge in [0.05, 0.1) is 34.9 Å². The van der Waals surface area contributed by atoms with Gasteiger partial charge in [0.15, 0.2) is 0 Å². The van der Waals surface area contributed by atoms with E-state index in [1.165, 1.54) is 0 Å². The summed E-state index contributed by atoms with van der Waals surface area (Å²) in [5, 5.41) is 15.0. The number of nitrogens with one attached hydrogen (secondary N) is 2. The predicted molar refractivity (Wildman–Crippen MR) is 151 cm³/mol. The van der Waals surface area contributed by atoms with Gasteiger partial charge in [-0.05, 0) is 62.9 Å². The predicted octanol–water partition coefficient (Wildman–Crippen LogP) is 4.84. The summed E-state index contributed by atoms with van der Waals surface area (Å²) in [6.07, 6.45) is 4.89. The molecule has 2 amide bonds. The minimum atomic E-state index is -0.642. The summed E-state index contributed by atoms with van der Waals surface area (Å²) in [5.41, 5.74) is 2.51. The van der Waals surface area contributed by atoms with Crippen LogP contribution in [0.15, 0.2) is 53.5 Å². The van der Waals surface area contributed by atoms with Gasteiger partial charge < -0.3 is 10.1 Å². The minimum absolute atomic E-state index is 0.0616. The normalized spacial score (nSPS) is 16.1. The van der Waals surface area contributed by atoms with Crippen LogP contribution in [0, 0.1) is 0 Å². The molecule has 0 atom stereocenters. The van der Waals surface area contributed by atoms with Gasteiger partial charge in [0, 0.05) is 18.0 Å². The van der Waals surface area contributed by atoms with Crippen LogP contribution in [0.4, 0.5) is 16.3 Å². The highest BCUT2D eigenvalue weighted by molar-refractivity contribution is 6.14. The molecule has 1 aliphatic carbocycles. The van der Waals surface area contributed by atoms with Crippen LogP contribution in [0.2, 0.25) is 0 Å². The first-order chi connectivity index (χ1) is 19.1. The van der Waals surface area contributed by atoms with Crippen molar-refractivity contribution in [2.24, 2.45) is 7.05 Å². The first-order valence-corrected chi connectivity index (χ1v) is 13.5. The smallest absolute Gasteiger partial charge is 0.407 e. The average Bonchev–Trinajstić information content (AvgIpc) is 3.61. The van der Waals surface area contributed by atoms with E-state index in [1.807, 2.05) is 42.3 Å². The number of nitrogens with zero attached hydrogens (tertiary/aromatic N) is 4. The molecule has 0 unspecified atom stereocenters. The molecular formula is C30H32N6O4. The maximum Gasteiger partial charge on any atom is 0.407 e. The van der Waals surface area contributed by atoms with E-state index in [0.717, 1.165) is 48.1 Å². The molecule has 2 N–H and O–H groups in total. The number of rotatable bonds is 4. The Bertz CT molecular complexity index is 1710. The second-order valence-electron chi connectivity index (χ2n) is 11.6. The number of aromatic amines is 1. The Labute approximate surface area is 231 Å². The quantitative estimate of drug-likeness (QED) is 0.382. The van der Waals surface area contributed by atoms with Gasteiger partial charge in [0.1, 0.15) is 11.4 Å². The van der Waals surface area contributed by atoms with Gasteiger partial charge in [-0.1, -0.05) is 37.1 Å². The third kappa shape index (κ3) is 4.14. The number of ether oxygens (including phenoxy) is 1. The van der Waals surface area contributed by atoms with Crippen LogP contribution in [0.25, 0.3) is 21.9 Å². The molecule has 206 valence electrons. The van der Waals surface area contributed by atoms with E-state index in [-0.39, 0.29) is 18.0 Å². The maximum absolute atomic E-state index is 14.2. The summed E-state index contributed by atoms with van der Waals surface area (Å²) in [6, 6.07) is 13.5. The topological polar surface area (TPSA) is 122 Å². The van der Waals surface area contributed by atoms with Gasteiger partial charge in [0.2, 0.25) is 5.91 Å². The molecule has 1 aliphatic heterocycles. The number of aromatic nitrogens is 4. The van der Waals surface area contributed by atoms with Crippen molar-refractivity contribution in [3.05, 3.63) is 70.3 Å². The third-order valence-electron chi connectivity index (χ3n) is 7.83. The zero-order valence-corrected chi connectivity index (χ0v) is 23.1. The fourth-order valence-electron chi connectivity index (χ4n) is 6.08. The number of hydrogen-bond acceptors (Lipinski definition) is 6. The van der Waals surface area contributed by atoms with E-state index < -0.39 is 17.1 Å². The van der Waals surface area contributed by atoms with E-state index in [4.69, 9.17) is 4.74 Å². The van der Waals surface area contributed by atoms with Crippen LogP contribution < -0.4 is 15.8 Å². The van der Waals surface area contributed by atoms with Crippen molar-refractivity contribution in [1.29, 1.82) is 0 Å². The molecule has 6 rings (SSSR count). The van der Waals surface area contributed by atoms with Crippen LogP contribution in [0.3, 0.4) is 0 Å². The van der Waals surface area contributed by atoms with Crippen molar-refractivity contribution in [2.75, 3.05) is 4.90 Å². The number of amides is 2. The lowest BCUT2D eigenvalue weighted by molar-refractivity contribution is -0.122. The lowest BCUT2D eigenvalue weighted by Gasteiger charge is -2.24. The largest absolute Gasteiger partial charge is 0.444 e. The molecule has 4 aromatic rings. The summed E-state index contributed by atoms with van der Waals surface area (Å²) in [7, 11) is 1.83. The molecular weight excluding hydrogens is 508 g/mol. The number of hydrogen-bond donors (Lipinski definition) is 2. The van der Waals surface area contributed by atoms with E-state index in [9.17, 15) is 14.4 Å². The van der Waals surface area contributed by atoms with Crippen molar-refractivity contribution >= 4 is 34.3 Å². The van der Waals surface area contributed by atoms with Gasteiger partial charge >= 0.3 is 6.09 Å². The molecule has 3 heterocycles. The Morgan fingerprint density at radius 1 is 1.10 bits per heavy atom. The van der Waals surface area contributed by atoms with Gasteiger partial charge in [-0.25, -0.2) is 9.89 Å². The molecule has 40 heavy (non-hydrogen) atoms. The number of carbonyl (C=O) groups is 2. The third-order valence-corrected chi connectivity index (χ3v) is 7.83. The number of benzene rings is 2. The van der Waals surface area contributed by atoms with Crippen LogP contribution in [-0.4, -0.2) is 37.6 Å². The number of carbonyl (C=O) groups excluding carboxylic acids is 2. The van der Waals surface area contributed by atoms with Gasteiger partial charge in [0.25, 0.3) is 5.56 Å². The molecule has 1 fully saturated rings. The monoisotopic (exact) mass is 540 g/mol. The van der Waals surface area contributed by atoms with Gasteiger partial charge in [-0.3, -0.25) is 19.2 Å². The number of anilines is 2. The van der Waals surface area contributed by atoms with Crippen LogP contribution >= 0.6 is 0 Å². The molecule has 2 aromatic heterocycles. The highest BCUT2D eigenvalue weighted by Crippen LogP contribution is 2.54. The Hall–Kier alpha value is -4.47. The molecule has 0 radical (unpaired) electrons. The Morgan fingerprint density at radius 3 is 2.60 bits per heavy atom. The molecule has 10 nitrogen and oxygen atoms in total. The number of aryl methyl sites for hydroxylation is 1. The van der Waals surface area contributed by atoms with Crippen LogP contribution in [0.1, 0.15) is 57.7 Å². The summed E-state index contributed by atoms with van der Waals surface area (Å²) in [4.78, 5) is 40.9. The summed E-state index contributed by atoms with van der Waals surface area (Å²) in [5.74, 6) is 0.754. The lowest BCUT2D eigenvalue weighted by Crippen LogP contribution is -2.36. The summed E-state index contributed by atoms with van der Waals surface area (Å²) in [6.45, 7) is 5.42. The zero-order valence-electron chi connectivity index (χ0n) is 23.1. The van der Waals surface area contributed by atoms with E-state index in [1.54, 1.807) is 37.7 Å². The van der Waals surface area contributed by atoms with Crippen molar-refractivity contribution in [1.82, 2.24) is 25.3 Å². The fraction of sp³-hybridized carbons (Fsp3) is 0.367. The van der Waals surface area contributed by atoms with Crippen molar-refractivity contribution < 1.29 is 14.3 Å². The molecule has 1 spiro atoms. The molecule has 2 aliphatic rings. The number of H-pyrrole nitrogens is 1. The SMILES string of the molecule is Cn1ncc(-c2ccc3c(=O)[nH]nc(CNC(=O)OC(C)(C)C)c3c2)c1N1C(=O)C2(CCCC2)c2ccccc21. The van der Waals surface area contributed by atoms with Crippen molar-refractivity contribution in [3.63, 3.8) is 0 Å². The Morgan fingerprint density at radius 2 is 1.85 bits per heavy atom. The lowest BCUT2D eigenvalue weighted by atomic mass is 9.80. The highest BCUT2D eigenvalue weighted by atomic mass is 16.6. The molecule has 1 saturated carbocycles. The number of para-hydroxylation sites is 1. The molecule has 2 aromatic carbocycles. The highest BCUT2D eigenvalue weighted by Gasteiger charge is 2.53. The van der Waals surface area contributed by atoms with Gasteiger partial charge in [-0.2, -0.15) is 10.2 Å². The maximum atomic E-state index is 14.2. The second-order valence-corrected chi connectivity index (χ2v) is 11.6. The summed E-state index contributed by atoms with van der Waals surface area (Å²) >= 11 is 0. The standard InChI is InChI=1S/C30H32N6O4/c1-29(2,3)40-28(39)31-17-23-20-15-18(11-12-19(20)25(37)34-33-23)21-16-32-35(4)26(21)36-24-10-6-5-9-22(24)30(27(36)38)13-7-8-14-30/h5-6,9-12,15-16H,7-8,13-14,17H2,1-4H3,(H,31,39)(H,34,37). The number of alkyl carbamates (subject to hydrolysis) is 1. The van der Waals surface area contributed by atoms with Crippen LogP contribution in [0.5, 0.6) is 0 Å². The molecule has 0 saturated heterocycles. The van der Waals surface area contributed by atoms with E-state index >= 15 is 0 Å². The minimum Gasteiger partial charge on any atom is -0.444 e.